The molecule has 9 nitrogen and oxygen atoms in total. The van der Waals surface area contributed by atoms with Gasteiger partial charge in [0.1, 0.15) is 17.4 Å². The first-order valence-electron chi connectivity index (χ1n) is 7.58. The van der Waals surface area contributed by atoms with Crippen molar-refractivity contribution in [1.82, 2.24) is 19.9 Å². The van der Waals surface area contributed by atoms with Crippen LogP contribution in [0, 0.1) is 0 Å². The lowest BCUT2D eigenvalue weighted by atomic mass is 9.87. The molecule has 0 spiro atoms. The summed E-state index contributed by atoms with van der Waals surface area (Å²) in [5.74, 6) is -1.17. The molecule has 4 atom stereocenters. The summed E-state index contributed by atoms with van der Waals surface area (Å²) < 4.78 is 22.9. The van der Waals surface area contributed by atoms with Crippen molar-refractivity contribution in [1.29, 1.82) is 0 Å². The molecule has 4 unspecified atom stereocenters. The minimum absolute atomic E-state index is 0.110. The molecule has 0 saturated heterocycles. The smallest absolute Gasteiger partial charge is 0.220 e. The Kier molecular flexibility index (Phi) is 6.13. The molecule has 4 N–H and O–H groups in total. The van der Waals surface area contributed by atoms with Crippen molar-refractivity contribution in [2.24, 2.45) is 0 Å². The highest BCUT2D eigenvalue weighted by atomic mass is 32.2. The number of carbonyl (C=O) groups is 1. The van der Waals surface area contributed by atoms with Crippen molar-refractivity contribution >= 4 is 39.0 Å². The fraction of sp³-hybridized carbons (Fsp3) is 0.400. The van der Waals surface area contributed by atoms with Crippen LogP contribution in [0.3, 0.4) is 0 Å². The van der Waals surface area contributed by atoms with Crippen LogP contribution in [0.15, 0.2) is 22.7 Å². The van der Waals surface area contributed by atoms with E-state index in [0.29, 0.717) is 11.1 Å². The summed E-state index contributed by atoms with van der Waals surface area (Å²) in [5.41, 5.74) is 12.7. The van der Waals surface area contributed by atoms with Crippen molar-refractivity contribution in [3.05, 3.63) is 23.5 Å². The molecule has 0 aromatic carbocycles. The molecule has 0 radical (unpaired) electrons. The normalized spacial score (nSPS) is 15.8. The maximum absolute atomic E-state index is 12.8. The number of anilines is 2. The average Bonchev–Trinajstić information content (AvgIpc) is 2.59. The van der Waals surface area contributed by atoms with E-state index in [2.05, 4.69) is 19.9 Å². The van der Waals surface area contributed by atoms with Gasteiger partial charge >= 0.3 is 0 Å². The van der Waals surface area contributed by atoms with E-state index in [1.165, 1.54) is 24.9 Å². The zero-order chi connectivity index (χ0) is 19.6. The number of nitrogens with zero attached hydrogens (tertiary/aromatic N) is 4. The van der Waals surface area contributed by atoms with E-state index in [1.54, 1.807) is 13.8 Å². The Morgan fingerprint density at radius 1 is 0.885 bits per heavy atom. The number of hydrogen-bond acceptors (Lipinski definition) is 9. The lowest BCUT2D eigenvalue weighted by Crippen LogP contribution is -2.20. The van der Waals surface area contributed by atoms with Crippen LogP contribution in [0.1, 0.15) is 36.8 Å². The van der Waals surface area contributed by atoms with Crippen LogP contribution >= 0.6 is 0 Å². The maximum atomic E-state index is 12.8. The maximum Gasteiger partial charge on any atom is 0.220 e. The Labute approximate surface area is 156 Å². The van der Waals surface area contributed by atoms with Crippen molar-refractivity contribution in [3.8, 4) is 0 Å². The van der Waals surface area contributed by atoms with E-state index >= 15 is 0 Å². The molecule has 0 bridgehead atoms. The molecule has 0 aliphatic carbocycles. The lowest BCUT2D eigenvalue weighted by molar-refractivity contribution is -0.121. The van der Waals surface area contributed by atoms with Gasteiger partial charge in [0, 0.05) is 47.9 Å². The Morgan fingerprint density at radius 3 is 1.50 bits per heavy atom. The van der Waals surface area contributed by atoms with Crippen LogP contribution < -0.4 is 11.5 Å². The second kappa shape index (κ2) is 7.96. The summed E-state index contributed by atoms with van der Waals surface area (Å²) in [6, 6.07) is 0. The first-order chi connectivity index (χ1) is 12.1. The molecule has 0 fully saturated rings. The number of rotatable bonds is 6. The van der Waals surface area contributed by atoms with Crippen LogP contribution in [0.5, 0.6) is 0 Å². The van der Waals surface area contributed by atoms with Crippen molar-refractivity contribution in [3.63, 3.8) is 0 Å². The molecule has 0 aliphatic heterocycles. The highest BCUT2D eigenvalue weighted by Gasteiger charge is 2.27. The molecule has 2 rings (SSSR count). The predicted molar refractivity (Wildman–Crippen MR) is 99.4 cm³/mol. The monoisotopic (exact) mass is 396 g/mol. The minimum Gasteiger partial charge on any atom is -0.383 e. The van der Waals surface area contributed by atoms with Gasteiger partial charge in [0.2, 0.25) is 10.3 Å². The molecular weight excluding hydrogens is 376 g/mol. The standard InChI is InChI=1S/C15H20N6O3S2/c1-7(9-5-18-14(25(3)23)20-12(9)16)11(22)8(2)10-6-19-15(26(4)24)21-13(10)17/h5-8H,1-4H3,(H2,16,18,20)(H2,17,19,21). The van der Waals surface area contributed by atoms with E-state index in [9.17, 15) is 13.2 Å². The summed E-state index contributed by atoms with van der Waals surface area (Å²) >= 11 is 0. The van der Waals surface area contributed by atoms with Crippen molar-refractivity contribution in [2.75, 3.05) is 24.0 Å². The first-order valence-corrected chi connectivity index (χ1v) is 10.7. The van der Waals surface area contributed by atoms with Gasteiger partial charge in [0.15, 0.2) is 0 Å². The second-order valence-electron chi connectivity index (χ2n) is 5.74. The van der Waals surface area contributed by atoms with Gasteiger partial charge < -0.3 is 11.5 Å². The van der Waals surface area contributed by atoms with Crippen LogP contribution in [0.25, 0.3) is 0 Å². The Bertz CT molecular complexity index is 833. The van der Waals surface area contributed by atoms with E-state index in [0.717, 1.165) is 0 Å². The summed E-state index contributed by atoms with van der Waals surface area (Å²) in [5, 5.41) is 0.222. The van der Waals surface area contributed by atoms with Crippen LogP contribution in [-0.4, -0.2) is 46.6 Å². The minimum atomic E-state index is -1.36. The number of carbonyl (C=O) groups excluding carboxylic acids is 1. The third-order valence-electron chi connectivity index (χ3n) is 3.95. The second-order valence-corrected chi connectivity index (χ2v) is 8.29. The molecule has 0 saturated carbocycles. The molecule has 26 heavy (non-hydrogen) atoms. The van der Waals surface area contributed by atoms with Gasteiger partial charge in [0.05, 0.1) is 21.6 Å². The molecule has 0 aliphatic rings. The topological polar surface area (TPSA) is 155 Å². The Balaban J connectivity index is 2.30. The van der Waals surface area contributed by atoms with E-state index in [-0.39, 0.29) is 27.7 Å². The van der Waals surface area contributed by atoms with E-state index in [1.807, 2.05) is 0 Å². The Hall–Kier alpha value is -2.27. The Morgan fingerprint density at radius 2 is 1.23 bits per heavy atom. The highest BCUT2D eigenvalue weighted by molar-refractivity contribution is 7.84. The van der Waals surface area contributed by atoms with Crippen molar-refractivity contribution < 1.29 is 13.2 Å². The zero-order valence-corrected chi connectivity index (χ0v) is 16.4. The van der Waals surface area contributed by atoms with Crippen LogP contribution in [0.4, 0.5) is 11.6 Å². The summed E-state index contributed by atoms with van der Waals surface area (Å²) in [7, 11) is -2.73. The van der Waals surface area contributed by atoms with Gasteiger partial charge in [-0.15, -0.1) is 0 Å². The van der Waals surface area contributed by atoms with Crippen LogP contribution in [0.2, 0.25) is 0 Å². The molecular formula is C15H20N6O3S2. The molecule has 2 aromatic rings. The molecule has 2 aromatic heterocycles. The number of hydrogen-bond donors (Lipinski definition) is 2. The van der Waals surface area contributed by atoms with E-state index in [4.69, 9.17) is 11.5 Å². The SMILES string of the molecule is CC(C(=O)C(C)c1cnc(S(C)=O)nc1N)c1cnc(S(C)=O)nc1N. The van der Waals surface area contributed by atoms with Crippen LogP contribution in [-0.2, 0) is 26.4 Å². The third kappa shape index (κ3) is 4.10. The molecule has 11 heteroatoms. The van der Waals surface area contributed by atoms with Crippen molar-refractivity contribution in [2.45, 2.75) is 36.0 Å². The molecule has 2 heterocycles. The molecule has 0 amide bonds. The third-order valence-corrected chi connectivity index (χ3v) is 5.37. The average molecular weight is 396 g/mol. The first kappa shape index (κ1) is 20.0. The van der Waals surface area contributed by atoms with Gasteiger partial charge in [0.25, 0.3) is 0 Å². The number of ketones is 1. The summed E-state index contributed by atoms with van der Waals surface area (Å²) in [4.78, 5) is 28.8. The van der Waals surface area contributed by atoms with E-state index < -0.39 is 33.4 Å². The summed E-state index contributed by atoms with van der Waals surface area (Å²) in [6.45, 7) is 3.37. The zero-order valence-electron chi connectivity index (χ0n) is 14.8. The predicted octanol–water partition coefficient (Wildman–Crippen LogP) is 0.382. The fourth-order valence-corrected chi connectivity index (χ4v) is 3.26. The quantitative estimate of drug-likeness (QED) is 0.659. The highest BCUT2D eigenvalue weighted by Crippen LogP contribution is 2.30. The van der Waals surface area contributed by atoms with Gasteiger partial charge in [-0.2, -0.15) is 0 Å². The fourth-order valence-electron chi connectivity index (χ4n) is 2.40. The van der Waals surface area contributed by atoms with Gasteiger partial charge in [-0.05, 0) is 0 Å². The largest absolute Gasteiger partial charge is 0.383 e. The van der Waals surface area contributed by atoms with Gasteiger partial charge in [-0.25, -0.2) is 19.9 Å². The van der Waals surface area contributed by atoms with Gasteiger partial charge in [-0.3, -0.25) is 13.2 Å². The van der Waals surface area contributed by atoms with Gasteiger partial charge in [-0.1, -0.05) is 13.8 Å². The number of nitrogens with two attached hydrogens (primary N) is 2. The summed E-state index contributed by atoms with van der Waals surface area (Å²) in [6.07, 6.45) is 5.72. The number of nitrogen functional groups attached to an aromatic ring is 2. The number of aromatic nitrogens is 4. The number of Topliss-reactive ketones (excluding diaryl/α,β-unsaturated/α-hetero) is 1. The molecule has 140 valence electrons. The lowest BCUT2D eigenvalue weighted by Gasteiger charge is -2.18.